The average Bonchev–Trinajstić information content (AvgIpc) is 2.23. The largest absolute Gasteiger partial charge is 2.00 e. The van der Waals surface area contributed by atoms with E-state index in [1.807, 2.05) is 6.92 Å². The van der Waals surface area contributed by atoms with E-state index in [2.05, 4.69) is 37.8 Å². The summed E-state index contributed by atoms with van der Waals surface area (Å²) in [5.74, 6) is 0. The van der Waals surface area contributed by atoms with Crippen molar-refractivity contribution in [2.24, 2.45) is 0 Å². The van der Waals surface area contributed by atoms with Crippen molar-refractivity contribution < 1.29 is 29.3 Å². The van der Waals surface area contributed by atoms with E-state index in [-0.39, 0.29) is 19.5 Å². The maximum absolute atomic E-state index is 11.3. The van der Waals surface area contributed by atoms with E-state index >= 15 is 0 Å². The number of hydrogen-bond donors (Lipinski definition) is 0. The summed E-state index contributed by atoms with van der Waals surface area (Å²) >= 11 is 5.35. The maximum atomic E-state index is 11.3. The maximum Gasteiger partial charge on any atom is 2.00 e. The van der Waals surface area contributed by atoms with Crippen LogP contribution in [0.1, 0.15) is 43.4 Å². The molecule has 6 heteroatoms. The van der Waals surface area contributed by atoms with Crippen LogP contribution >= 0.6 is 17.1 Å². The van der Waals surface area contributed by atoms with Crippen LogP contribution in [0.15, 0.2) is 17.0 Å². The third-order valence-electron chi connectivity index (χ3n) is 2.67. The van der Waals surface area contributed by atoms with Crippen molar-refractivity contribution in [2.75, 3.05) is 0 Å². The molecule has 0 amide bonds. The predicted octanol–water partition coefficient (Wildman–Crippen LogP) is 2.93. The Labute approximate surface area is 138 Å². The van der Waals surface area contributed by atoms with Gasteiger partial charge in [0.2, 0.25) is 0 Å². The first-order valence-electron chi connectivity index (χ1n) is 6.21. The molecule has 102 valence electrons. The summed E-state index contributed by atoms with van der Waals surface area (Å²) in [5.41, 5.74) is -0.320. The van der Waals surface area contributed by atoms with Crippen LogP contribution < -0.4 is 9.79 Å². The van der Waals surface area contributed by atoms with E-state index in [1.165, 1.54) is 5.56 Å². The molecular formula is C13H19O2PS2Zn. The van der Waals surface area contributed by atoms with E-state index in [9.17, 15) is 9.79 Å². The van der Waals surface area contributed by atoms with Crippen LogP contribution in [0.25, 0.3) is 0 Å². The molecule has 0 aromatic heterocycles. The molecule has 0 N–H and O–H groups in total. The van der Waals surface area contributed by atoms with Crippen LogP contribution in [0.3, 0.4) is 0 Å². The van der Waals surface area contributed by atoms with Crippen LogP contribution in [-0.2, 0) is 44.1 Å². The van der Waals surface area contributed by atoms with Crippen molar-refractivity contribution in [2.45, 2.75) is 51.3 Å². The zero-order chi connectivity index (χ0) is 13.8. The summed E-state index contributed by atoms with van der Waals surface area (Å²) in [7, 11) is 0. The summed E-state index contributed by atoms with van der Waals surface area (Å²) in [5, 5.41) is 0. The van der Waals surface area contributed by atoms with E-state index in [0.717, 1.165) is 53.1 Å². The molecule has 0 unspecified atom stereocenters. The molecule has 1 aromatic carbocycles. The van der Waals surface area contributed by atoms with Crippen LogP contribution in [0, 0.1) is 6.92 Å². The van der Waals surface area contributed by atoms with Gasteiger partial charge in [0.05, 0.1) is 0 Å². The Morgan fingerprint density at radius 3 is 2.21 bits per heavy atom. The second-order valence-electron chi connectivity index (χ2n) is 4.44. The first-order valence-corrected chi connectivity index (χ1v) is 10.3. The van der Waals surface area contributed by atoms with Gasteiger partial charge in [-0.05, 0) is 36.5 Å². The molecule has 0 aliphatic carbocycles. The van der Waals surface area contributed by atoms with Gasteiger partial charge in [-0.1, -0.05) is 38.8 Å². The van der Waals surface area contributed by atoms with Crippen molar-refractivity contribution in [3.8, 4) is 0 Å². The monoisotopic (exact) mass is 366 g/mol. The molecule has 0 spiro atoms. The molecule has 0 aliphatic rings. The number of aryl methyl sites for hydroxylation is 3. The minimum atomic E-state index is -3.75. The van der Waals surface area contributed by atoms with Crippen molar-refractivity contribution in [3.05, 3.63) is 28.8 Å². The molecule has 0 aliphatic heterocycles. The normalized spacial score (nSPS) is 11.2. The van der Waals surface area contributed by atoms with E-state index < -0.39 is 5.69 Å². The average molecular weight is 368 g/mol. The zero-order valence-electron chi connectivity index (χ0n) is 11.8. The van der Waals surface area contributed by atoms with Crippen molar-refractivity contribution in [3.63, 3.8) is 0 Å². The molecule has 1 aromatic rings. The standard InChI is InChI=1S/C13H21O2PS2.Zn/c1-4-6-11-8-10(3)13(18-16(14,15)17)12(9-11)7-5-2;/h8-9H,4-7H2,1-3H3,(H2,14,15,17);/q;+2/p-2. The van der Waals surface area contributed by atoms with Crippen LogP contribution in [-0.4, -0.2) is 0 Å². The zero-order valence-corrected chi connectivity index (χ0v) is 17.3. The Morgan fingerprint density at radius 2 is 1.74 bits per heavy atom. The van der Waals surface area contributed by atoms with Gasteiger partial charge in [-0.2, -0.15) is 5.69 Å². The SMILES string of the molecule is CCCc1cc(C)c(SP([O-])([O-])=S)c(CCC)c1.[Zn+2]. The Balaban J connectivity index is 0.00000324. The molecule has 0 fully saturated rings. The minimum Gasteiger partial charge on any atom is -0.824 e. The summed E-state index contributed by atoms with van der Waals surface area (Å²) in [6.45, 7) is 6.21. The molecule has 0 bridgehead atoms. The summed E-state index contributed by atoms with van der Waals surface area (Å²) < 4.78 is 0. The van der Waals surface area contributed by atoms with Gasteiger partial charge in [0.1, 0.15) is 0 Å². The molecule has 0 atom stereocenters. The Hall–Kier alpha value is 0.763. The smallest absolute Gasteiger partial charge is 0.824 e. The topological polar surface area (TPSA) is 46.1 Å². The quantitative estimate of drug-likeness (QED) is 0.573. The molecule has 0 heterocycles. The van der Waals surface area contributed by atoms with Gasteiger partial charge in [-0.25, -0.2) is 0 Å². The fourth-order valence-electron chi connectivity index (χ4n) is 2.06. The molecule has 0 saturated heterocycles. The molecule has 1 rings (SSSR count). The van der Waals surface area contributed by atoms with Crippen molar-refractivity contribution in [1.82, 2.24) is 0 Å². The van der Waals surface area contributed by atoms with E-state index in [4.69, 9.17) is 0 Å². The van der Waals surface area contributed by atoms with E-state index in [1.54, 1.807) is 0 Å². The summed E-state index contributed by atoms with van der Waals surface area (Å²) in [6.07, 6.45) is 4.03. The van der Waals surface area contributed by atoms with Gasteiger partial charge >= 0.3 is 19.5 Å². The number of hydrogen-bond acceptors (Lipinski definition) is 4. The predicted molar refractivity (Wildman–Crippen MR) is 79.3 cm³/mol. The number of benzene rings is 1. The van der Waals surface area contributed by atoms with Gasteiger partial charge in [0.15, 0.2) is 0 Å². The second-order valence-corrected chi connectivity index (χ2v) is 10.1. The fourth-order valence-corrected chi connectivity index (χ4v) is 4.89. The Morgan fingerprint density at radius 1 is 1.16 bits per heavy atom. The van der Waals surface area contributed by atoms with Crippen LogP contribution in [0.2, 0.25) is 0 Å². The number of rotatable bonds is 6. The molecule has 0 saturated carbocycles. The van der Waals surface area contributed by atoms with Gasteiger partial charge in [-0.3, -0.25) is 0 Å². The third-order valence-corrected chi connectivity index (χ3v) is 5.55. The summed E-state index contributed by atoms with van der Waals surface area (Å²) in [4.78, 5) is 23.5. The Kier molecular flexibility index (Phi) is 9.28. The van der Waals surface area contributed by atoms with Crippen LogP contribution in [0.5, 0.6) is 0 Å². The molecule has 0 radical (unpaired) electrons. The van der Waals surface area contributed by atoms with Crippen molar-refractivity contribution in [1.29, 1.82) is 0 Å². The second kappa shape index (κ2) is 8.92. The van der Waals surface area contributed by atoms with Gasteiger partial charge in [0.25, 0.3) is 0 Å². The van der Waals surface area contributed by atoms with Crippen molar-refractivity contribution >= 4 is 28.9 Å². The fraction of sp³-hybridized carbons (Fsp3) is 0.538. The minimum absolute atomic E-state index is 0. The first-order chi connectivity index (χ1) is 8.37. The third kappa shape index (κ3) is 6.84. The molecular weight excluding hydrogens is 349 g/mol. The van der Waals surface area contributed by atoms with Crippen LogP contribution in [0.4, 0.5) is 0 Å². The van der Waals surface area contributed by atoms with Gasteiger partial charge < -0.3 is 9.79 Å². The first kappa shape index (κ1) is 19.8. The molecule has 19 heavy (non-hydrogen) atoms. The Bertz CT molecular complexity index is 460. The molecule has 2 nitrogen and oxygen atoms in total. The summed E-state index contributed by atoms with van der Waals surface area (Å²) in [6, 6.07) is 4.21. The van der Waals surface area contributed by atoms with Gasteiger partial charge in [-0.15, -0.1) is 23.2 Å². The van der Waals surface area contributed by atoms with Gasteiger partial charge in [0, 0.05) is 4.90 Å². The van der Waals surface area contributed by atoms with E-state index in [0.29, 0.717) is 0 Å².